The van der Waals surface area contributed by atoms with Gasteiger partial charge in [0, 0.05) is 38.1 Å². The van der Waals surface area contributed by atoms with Crippen LogP contribution in [0.4, 0.5) is 4.79 Å². The first-order valence-corrected chi connectivity index (χ1v) is 7.12. The average molecular weight is 294 g/mol. The van der Waals surface area contributed by atoms with Crippen molar-refractivity contribution in [2.75, 3.05) is 20.1 Å². The highest BCUT2D eigenvalue weighted by atomic mass is 16.6. The van der Waals surface area contributed by atoms with Crippen molar-refractivity contribution in [3.8, 4) is 0 Å². The van der Waals surface area contributed by atoms with Gasteiger partial charge in [0.2, 0.25) is 0 Å². The zero-order valence-electron chi connectivity index (χ0n) is 13.4. The lowest BCUT2D eigenvalue weighted by Crippen LogP contribution is -2.35. The van der Waals surface area contributed by atoms with Crippen LogP contribution in [-0.2, 0) is 11.3 Å². The van der Waals surface area contributed by atoms with Crippen LogP contribution in [0.1, 0.15) is 32.8 Å². The van der Waals surface area contributed by atoms with Crippen molar-refractivity contribution in [2.45, 2.75) is 39.3 Å². The molecular formula is C15H26N4O2. The van der Waals surface area contributed by atoms with Crippen molar-refractivity contribution >= 4 is 12.3 Å². The highest BCUT2D eigenvalue weighted by Crippen LogP contribution is 2.09. The smallest absolute Gasteiger partial charge is 0.410 e. The van der Waals surface area contributed by atoms with Gasteiger partial charge in [-0.1, -0.05) is 6.58 Å². The molecule has 1 N–H and O–H groups in total. The van der Waals surface area contributed by atoms with E-state index in [1.54, 1.807) is 22.8 Å². The molecule has 0 fully saturated rings. The topological polar surface area (TPSA) is 59.4 Å². The molecule has 6 nitrogen and oxygen atoms in total. The fraction of sp³-hybridized carbons (Fsp3) is 0.600. The van der Waals surface area contributed by atoms with E-state index in [2.05, 4.69) is 17.0 Å². The summed E-state index contributed by atoms with van der Waals surface area (Å²) in [6, 6.07) is 0. The largest absolute Gasteiger partial charge is 0.444 e. The zero-order chi connectivity index (χ0) is 15.9. The molecule has 0 aromatic carbocycles. The summed E-state index contributed by atoms with van der Waals surface area (Å²) in [6.07, 6.45) is 5.97. The van der Waals surface area contributed by atoms with E-state index in [1.807, 2.05) is 33.2 Å². The highest BCUT2D eigenvalue weighted by molar-refractivity contribution is 5.67. The van der Waals surface area contributed by atoms with Gasteiger partial charge >= 0.3 is 6.09 Å². The summed E-state index contributed by atoms with van der Waals surface area (Å²) in [6.45, 7) is 11.5. The Balaban J connectivity index is 2.16. The second-order valence-corrected chi connectivity index (χ2v) is 5.94. The van der Waals surface area contributed by atoms with E-state index in [0.29, 0.717) is 6.54 Å². The van der Waals surface area contributed by atoms with E-state index in [4.69, 9.17) is 4.74 Å². The van der Waals surface area contributed by atoms with Gasteiger partial charge in [-0.3, -0.25) is 0 Å². The van der Waals surface area contributed by atoms with E-state index in [-0.39, 0.29) is 6.09 Å². The Morgan fingerprint density at radius 3 is 2.86 bits per heavy atom. The second kappa shape index (κ2) is 7.83. The number of nitrogens with zero attached hydrogens (tertiary/aromatic N) is 3. The Morgan fingerprint density at radius 2 is 2.29 bits per heavy atom. The molecule has 0 bridgehead atoms. The van der Waals surface area contributed by atoms with Crippen molar-refractivity contribution in [3.63, 3.8) is 0 Å². The van der Waals surface area contributed by atoms with Crippen molar-refractivity contribution < 1.29 is 9.53 Å². The fourth-order valence-corrected chi connectivity index (χ4v) is 1.67. The first-order chi connectivity index (χ1) is 9.81. The van der Waals surface area contributed by atoms with Gasteiger partial charge < -0.3 is 15.0 Å². The minimum atomic E-state index is -0.450. The number of amides is 1. The molecule has 0 atom stereocenters. The van der Waals surface area contributed by atoms with Gasteiger partial charge in [0.1, 0.15) is 5.60 Å². The monoisotopic (exact) mass is 294 g/mol. The summed E-state index contributed by atoms with van der Waals surface area (Å²) >= 11 is 0. The Bertz CT molecular complexity index is 462. The number of hydrogen-bond acceptors (Lipinski definition) is 4. The molecule has 118 valence electrons. The van der Waals surface area contributed by atoms with Crippen LogP contribution in [-0.4, -0.2) is 46.5 Å². The number of carbonyl (C=O) groups is 1. The second-order valence-electron chi connectivity index (χ2n) is 5.94. The molecule has 0 spiro atoms. The number of ether oxygens (including phenoxy) is 1. The van der Waals surface area contributed by atoms with E-state index in [9.17, 15) is 4.79 Å². The van der Waals surface area contributed by atoms with Gasteiger partial charge in [-0.15, -0.1) is 0 Å². The van der Waals surface area contributed by atoms with Crippen molar-refractivity contribution in [1.82, 2.24) is 20.0 Å². The van der Waals surface area contributed by atoms with Crippen LogP contribution < -0.4 is 5.32 Å². The minimum absolute atomic E-state index is 0.283. The van der Waals surface area contributed by atoms with Gasteiger partial charge in [-0.2, -0.15) is 5.10 Å². The van der Waals surface area contributed by atoms with Crippen LogP contribution in [0.5, 0.6) is 0 Å². The van der Waals surface area contributed by atoms with Crippen molar-refractivity contribution in [3.05, 3.63) is 24.5 Å². The molecule has 6 heteroatoms. The van der Waals surface area contributed by atoms with Crippen LogP contribution in [0.15, 0.2) is 19.0 Å². The van der Waals surface area contributed by atoms with Gasteiger partial charge in [0.15, 0.2) is 0 Å². The molecule has 0 aliphatic carbocycles. The van der Waals surface area contributed by atoms with Crippen molar-refractivity contribution in [2.24, 2.45) is 0 Å². The third-order valence-corrected chi connectivity index (χ3v) is 2.72. The molecule has 1 rings (SSSR count). The predicted octanol–water partition coefficient (Wildman–Crippen LogP) is 2.33. The number of hydrogen-bond donors (Lipinski definition) is 1. The molecule has 1 amide bonds. The standard InChI is InChI=1S/C15H26N4O2/c1-6-19-12-13(11-17-19)10-16-8-7-9-18(5)14(20)21-15(2,3)4/h6,11-12,16H,1,7-10H2,2-5H3. The Morgan fingerprint density at radius 1 is 1.57 bits per heavy atom. The van der Waals surface area contributed by atoms with Gasteiger partial charge in [-0.25, -0.2) is 9.48 Å². The lowest BCUT2D eigenvalue weighted by molar-refractivity contribution is 0.0297. The predicted molar refractivity (Wildman–Crippen MR) is 83.8 cm³/mol. The SMILES string of the molecule is C=Cn1cc(CNCCCN(C)C(=O)OC(C)(C)C)cn1. The quantitative estimate of drug-likeness (QED) is 0.784. The van der Waals surface area contributed by atoms with Gasteiger partial charge in [-0.05, 0) is 33.7 Å². The number of carbonyl (C=O) groups excluding carboxylic acids is 1. The van der Waals surface area contributed by atoms with Crippen LogP contribution >= 0.6 is 0 Å². The molecule has 0 aliphatic rings. The molecule has 1 heterocycles. The summed E-state index contributed by atoms with van der Waals surface area (Å²) in [5, 5.41) is 7.42. The number of nitrogens with one attached hydrogen (secondary N) is 1. The van der Waals surface area contributed by atoms with Crippen molar-refractivity contribution in [1.29, 1.82) is 0 Å². The lowest BCUT2D eigenvalue weighted by atomic mass is 10.2. The van der Waals surface area contributed by atoms with Gasteiger partial charge in [0.25, 0.3) is 0 Å². The number of aromatic nitrogens is 2. The maximum atomic E-state index is 11.7. The minimum Gasteiger partial charge on any atom is -0.444 e. The van der Waals surface area contributed by atoms with E-state index in [1.165, 1.54) is 0 Å². The van der Waals surface area contributed by atoms with Crippen LogP contribution in [0, 0.1) is 0 Å². The molecule has 21 heavy (non-hydrogen) atoms. The summed E-state index contributed by atoms with van der Waals surface area (Å²) in [5.41, 5.74) is 0.657. The van der Waals surface area contributed by atoms with E-state index >= 15 is 0 Å². The molecule has 1 aromatic heterocycles. The average Bonchev–Trinajstić information content (AvgIpc) is 2.84. The summed E-state index contributed by atoms with van der Waals surface area (Å²) in [7, 11) is 1.75. The normalized spacial score (nSPS) is 11.2. The molecule has 1 aromatic rings. The van der Waals surface area contributed by atoms with Gasteiger partial charge in [0.05, 0.1) is 6.20 Å². The van der Waals surface area contributed by atoms with Crippen LogP contribution in [0.2, 0.25) is 0 Å². The van der Waals surface area contributed by atoms with E-state index < -0.39 is 5.60 Å². The highest BCUT2D eigenvalue weighted by Gasteiger charge is 2.18. The van der Waals surface area contributed by atoms with E-state index in [0.717, 1.165) is 25.1 Å². The molecule has 0 unspecified atom stereocenters. The zero-order valence-corrected chi connectivity index (χ0v) is 13.4. The Hall–Kier alpha value is -1.82. The summed E-state index contributed by atoms with van der Waals surface area (Å²) < 4.78 is 6.96. The summed E-state index contributed by atoms with van der Waals surface area (Å²) in [4.78, 5) is 13.3. The third-order valence-electron chi connectivity index (χ3n) is 2.72. The first-order valence-electron chi connectivity index (χ1n) is 7.12. The summed E-state index contributed by atoms with van der Waals surface area (Å²) in [5.74, 6) is 0. The molecule has 0 saturated heterocycles. The maximum Gasteiger partial charge on any atom is 0.410 e. The molecule has 0 aliphatic heterocycles. The lowest BCUT2D eigenvalue weighted by Gasteiger charge is -2.24. The molecule has 0 saturated carbocycles. The Kier molecular flexibility index (Phi) is 6.42. The fourth-order valence-electron chi connectivity index (χ4n) is 1.67. The number of rotatable bonds is 7. The Labute approximate surface area is 126 Å². The molecule has 0 radical (unpaired) electrons. The first kappa shape index (κ1) is 17.2. The van der Waals surface area contributed by atoms with Crippen LogP contribution in [0.3, 0.4) is 0 Å². The maximum absolute atomic E-state index is 11.7. The molecular weight excluding hydrogens is 268 g/mol. The van der Waals surface area contributed by atoms with Crippen LogP contribution in [0.25, 0.3) is 6.20 Å². The third kappa shape index (κ3) is 6.94.